The van der Waals surface area contributed by atoms with Crippen LogP contribution < -0.4 is 31.0 Å². The normalized spacial score (nSPS) is 16.8. The van der Waals surface area contributed by atoms with Crippen molar-refractivity contribution in [2.45, 2.75) is 36.4 Å². The van der Waals surface area contributed by atoms with Crippen LogP contribution in [0.15, 0.2) is 88.8 Å². The van der Waals surface area contributed by atoms with Crippen LogP contribution in [0.1, 0.15) is 26.3 Å². The molecule has 2 aromatic carbocycles. The van der Waals surface area contributed by atoms with Crippen LogP contribution in [0.25, 0.3) is 10.9 Å². The molecule has 10 nitrogen and oxygen atoms in total. The molecule has 0 saturated carbocycles. The summed E-state index contributed by atoms with van der Waals surface area (Å²) in [6, 6.07) is 16.5. The molecule has 2 aromatic heterocycles. The smallest absolute Gasteiger partial charge is 0.314 e. The molecule has 0 aliphatic carbocycles. The molecule has 4 aromatic rings. The highest BCUT2D eigenvalue weighted by molar-refractivity contribution is 7.99. The van der Waals surface area contributed by atoms with Crippen molar-refractivity contribution in [3.05, 3.63) is 84.5 Å². The second-order valence-corrected chi connectivity index (χ2v) is 11.3. The molecule has 3 heterocycles. The fraction of sp³-hybridized carbons (Fsp3) is 0.241. The van der Waals surface area contributed by atoms with E-state index in [1.807, 2.05) is 65.7 Å². The van der Waals surface area contributed by atoms with E-state index < -0.39 is 11.7 Å². The highest BCUT2D eigenvalue weighted by atomic mass is 32.2. The number of hydrogen-bond acceptors (Lipinski definition) is 9. The van der Waals surface area contributed by atoms with Gasteiger partial charge in [-0.1, -0.05) is 50.7 Å². The molecule has 0 spiro atoms. The van der Waals surface area contributed by atoms with E-state index in [9.17, 15) is 4.79 Å². The number of fused-ring (bicyclic) bond motifs is 1. The van der Waals surface area contributed by atoms with Gasteiger partial charge in [0.15, 0.2) is 17.2 Å². The number of primary amides is 1. The molecule has 1 aliphatic rings. The number of hydrogen-bond donors (Lipinski definition) is 3. The largest absolute Gasteiger partial charge is 0.493 e. The van der Waals surface area contributed by atoms with Crippen molar-refractivity contribution < 1.29 is 14.3 Å². The van der Waals surface area contributed by atoms with Crippen molar-refractivity contribution in [3.8, 4) is 11.5 Å². The Morgan fingerprint density at radius 1 is 1.02 bits per heavy atom. The maximum atomic E-state index is 12.5. The number of nitrogens with zero attached hydrogens (tertiary/aromatic N) is 4. The predicted molar refractivity (Wildman–Crippen MR) is 155 cm³/mol. The van der Waals surface area contributed by atoms with Gasteiger partial charge in [0.05, 0.1) is 19.7 Å². The van der Waals surface area contributed by atoms with Crippen molar-refractivity contribution in [2.24, 2.45) is 11.1 Å². The van der Waals surface area contributed by atoms with Crippen LogP contribution in [0.3, 0.4) is 0 Å². The minimum absolute atomic E-state index is 0.250. The zero-order valence-corrected chi connectivity index (χ0v) is 23.7. The molecule has 0 bridgehead atoms. The fourth-order valence-electron chi connectivity index (χ4n) is 4.54. The molecule has 4 N–H and O–H groups in total. The first-order valence-electron chi connectivity index (χ1n) is 12.6. The maximum Gasteiger partial charge on any atom is 0.314 e. The lowest BCUT2D eigenvalue weighted by Crippen LogP contribution is -2.59. The van der Waals surface area contributed by atoms with Crippen LogP contribution in [0, 0.1) is 5.41 Å². The molecular weight excluding hydrogens is 526 g/mol. The number of methoxy groups -OCH3 is 2. The number of benzene rings is 2. The summed E-state index contributed by atoms with van der Waals surface area (Å²) in [7, 11) is 3.19. The summed E-state index contributed by atoms with van der Waals surface area (Å²) in [5.74, 6) is 1.80. The topological polar surface area (TPSA) is 128 Å². The molecule has 2 amide bonds. The first-order valence-corrected chi connectivity index (χ1v) is 13.4. The summed E-state index contributed by atoms with van der Waals surface area (Å²) < 4.78 is 10.9. The quantitative estimate of drug-likeness (QED) is 0.270. The van der Waals surface area contributed by atoms with E-state index in [4.69, 9.17) is 15.2 Å². The molecule has 1 unspecified atom stereocenters. The lowest BCUT2D eigenvalue weighted by Gasteiger charge is -2.38. The summed E-state index contributed by atoms with van der Waals surface area (Å²) in [6.45, 7) is 6.29. The molecule has 206 valence electrons. The van der Waals surface area contributed by atoms with Crippen molar-refractivity contribution in [1.29, 1.82) is 0 Å². The average molecular weight is 558 g/mol. The third kappa shape index (κ3) is 5.07. The number of hydrazine groups is 1. The number of pyridine rings is 1. The third-order valence-corrected chi connectivity index (χ3v) is 7.54. The second kappa shape index (κ2) is 10.6. The molecular formula is C29H31N7O3S. The Labute approximate surface area is 237 Å². The molecule has 0 fully saturated rings. The van der Waals surface area contributed by atoms with Crippen LogP contribution >= 0.6 is 11.8 Å². The van der Waals surface area contributed by atoms with Gasteiger partial charge in [0.25, 0.3) is 0 Å². The Bertz CT molecular complexity index is 1590. The van der Waals surface area contributed by atoms with Crippen LogP contribution in [0.5, 0.6) is 11.5 Å². The number of carbonyl (C=O) groups is 1. The Balaban J connectivity index is 1.62. The van der Waals surface area contributed by atoms with Crippen molar-refractivity contribution in [2.75, 3.05) is 19.2 Å². The number of aromatic nitrogens is 3. The Hall–Kier alpha value is -4.51. The van der Waals surface area contributed by atoms with E-state index in [0.717, 1.165) is 32.1 Å². The van der Waals surface area contributed by atoms with Gasteiger partial charge in [-0.3, -0.25) is 5.43 Å². The molecule has 1 atom stereocenters. The Morgan fingerprint density at radius 2 is 1.80 bits per heavy atom. The van der Waals surface area contributed by atoms with Gasteiger partial charge in [0.1, 0.15) is 17.2 Å². The number of nitrogens with two attached hydrogens (primary N) is 1. The fourth-order valence-corrected chi connectivity index (χ4v) is 5.47. The van der Waals surface area contributed by atoms with Gasteiger partial charge < -0.3 is 20.5 Å². The number of nitrogens with one attached hydrogen (secondary N) is 2. The van der Waals surface area contributed by atoms with E-state index in [0.29, 0.717) is 17.3 Å². The molecule has 0 saturated heterocycles. The SMILES string of the molecule is COc1cc2ncnc(Sc3cccc(C4(NC(N)=O)C=C(C(C)(C)C)NN4c4ccccn4)c3)c2cc1OC. The number of anilines is 1. The molecule has 0 radical (unpaired) electrons. The minimum atomic E-state index is -1.15. The summed E-state index contributed by atoms with van der Waals surface area (Å²) in [5.41, 5.74) is 10.3. The number of carbonyl (C=O) groups excluding carboxylic acids is 1. The van der Waals surface area contributed by atoms with Crippen LogP contribution in [0.4, 0.5) is 10.6 Å². The highest BCUT2D eigenvalue weighted by Crippen LogP contribution is 2.42. The van der Waals surface area contributed by atoms with E-state index >= 15 is 0 Å². The summed E-state index contributed by atoms with van der Waals surface area (Å²) in [4.78, 5) is 26.9. The Kier molecular flexibility index (Phi) is 7.16. The second-order valence-electron chi connectivity index (χ2n) is 10.2. The van der Waals surface area contributed by atoms with E-state index in [1.54, 1.807) is 20.4 Å². The lowest BCUT2D eigenvalue weighted by atomic mass is 9.89. The van der Waals surface area contributed by atoms with Crippen molar-refractivity contribution in [1.82, 2.24) is 25.7 Å². The number of rotatable bonds is 7. The zero-order chi connectivity index (χ0) is 28.5. The number of urea groups is 1. The summed E-state index contributed by atoms with van der Waals surface area (Å²) >= 11 is 1.48. The van der Waals surface area contributed by atoms with Gasteiger partial charge >= 0.3 is 6.03 Å². The van der Waals surface area contributed by atoms with E-state index in [2.05, 4.69) is 46.5 Å². The minimum Gasteiger partial charge on any atom is -0.493 e. The summed E-state index contributed by atoms with van der Waals surface area (Å²) in [6.07, 6.45) is 5.23. The number of amides is 2. The monoisotopic (exact) mass is 557 g/mol. The van der Waals surface area contributed by atoms with Crippen LogP contribution in [-0.2, 0) is 5.66 Å². The maximum absolute atomic E-state index is 12.5. The van der Waals surface area contributed by atoms with Gasteiger partial charge in [-0.25, -0.2) is 24.8 Å². The Morgan fingerprint density at radius 3 is 2.48 bits per heavy atom. The lowest BCUT2D eigenvalue weighted by molar-refractivity contribution is 0.238. The molecule has 5 rings (SSSR count). The van der Waals surface area contributed by atoms with E-state index in [1.165, 1.54) is 18.1 Å². The van der Waals surface area contributed by atoms with Crippen LogP contribution in [0.2, 0.25) is 0 Å². The highest BCUT2D eigenvalue weighted by Gasteiger charge is 2.46. The number of ether oxygens (including phenoxy) is 2. The first kappa shape index (κ1) is 27.1. The third-order valence-electron chi connectivity index (χ3n) is 6.53. The number of allylic oxidation sites excluding steroid dienone is 1. The van der Waals surface area contributed by atoms with Crippen molar-refractivity contribution in [3.63, 3.8) is 0 Å². The van der Waals surface area contributed by atoms with Gasteiger partial charge in [0, 0.05) is 39.2 Å². The molecule has 1 aliphatic heterocycles. The van der Waals surface area contributed by atoms with E-state index in [-0.39, 0.29) is 5.41 Å². The molecule has 40 heavy (non-hydrogen) atoms. The van der Waals surface area contributed by atoms with Crippen molar-refractivity contribution >= 4 is 34.5 Å². The molecule has 11 heteroatoms. The zero-order valence-electron chi connectivity index (χ0n) is 22.9. The van der Waals surface area contributed by atoms with Gasteiger partial charge in [-0.05, 0) is 36.4 Å². The standard InChI is InChI=1S/C29H31N7O3S/c1-28(2,3)24-16-29(34-27(30)37,36(35-24)25-11-6-7-12-31-25)18-9-8-10-19(13-18)40-26-20-14-22(38-4)23(39-5)15-21(20)32-17-33-26/h6-17,35H,1-5H3,(H3,30,34,37). The summed E-state index contributed by atoms with van der Waals surface area (Å²) in [5, 5.41) is 6.40. The predicted octanol–water partition coefficient (Wildman–Crippen LogP) is 4.97. The van der Waals surface area contributed by atoms with Gasteiger partial charge in [-0.2, -0.15) is 0 Å². The first-order chi connectivity index (χ1) is 19.1. The van der Waals surface area contributed by atoms with Gasteiger partial charge in [-0.15, -0.1) is 0 Å². The average Bonchev–Trinajstić information content (AvgIpc) is 3.33. The van der Waals surface area contributed by atoms with Gasteiger partial charge in [0.2, 0.25) is 0 Å². The van der Waals surface area contributed by atoms with Crippen LogP contribution in [-0.4, -0.2) is 35.2 Å².